The molecule has 8 nitrogen and oxygen atoms in total. The lowest BCUT2D eigenvalue weighted by Gasteiger charge is -2.37. The van der Waals surface area contributed by atoms with E-state index < -0.39 is 35.9 Å². The zero-order chi connectivity index (χ0) is 18.6. The molecule has 1 fully saturated rings. The first-order chi connectivity index (χ1) is 11.7. The summed E-state index contributed by atoms with van der Waals surface area (Å²) in [5.74, 6) is -0.893. The van der Waals surface area contributed by atoms with Gasteiger partial charge in [-0.2, -0.15) is 0 Å². The first kappa shape index (κ1) is 18.9. The van der Waals surface area contributed by atoms with Crippen LogP contribution in [0.25, 0.3) is 0 Å². The number of ether oxygens (including phenoxy) is 4. The highest BCUT2D eigenvalue weighted by Crippen LogP contribution is 2.33. The molecule has 0 aromatic heterocycles. The van der Waals surface area contributed by atoms with Gasteiger partial charge in [-0.15, -0.1) is 0 Å². The number of hydrogen-bond acceptors (Lipinski definition) is 7. The lowest BCUT2D eigenvalue weighted by molar-refractivity contribution is -0.174. The summed E-state index contributed by atoms with van der Waals surface area (Å²) in [6.45, 7) is 4.80. The summed E-state index contributed by atoms with van der Waals surface area (Å²) in [4.78, 5) is 37.7. The van der Waals surface area contributed by atoms with Crippen molar-refractivity contribution in [1.29, 1.82) is 0 Å². The lowest BCUT2D eigenvalue weighted by Crippen LogP contribution is -2.55. The maximum absolute atomic E-state index is 12.5. The molecule has 0 spiro atoms. The quantitative estimate of drug-likeness (QED) is 0.468. The normalized spacial score (nSPS) is 21.0. The highest BCUT2D eigenvalue weighted by molar-refractivity contribution is 5.98. The Labute approximate surface area is 145 Å². The van der Waals surface area contributed by atoms with E-state index in [1.165, 1.54) is 7.11 Å². The van der Waals surface area contributed by atoms with Crippen LogP contribution in [-0.2, 0) is 23.7 Å². The second kappa shape index (κ2) is 7.62. The fourth-order valence-corrected chi connectivity index (χ4v) is 2.34. The number of rotatable bonds is 4. The number of nitrogens with zero attached hydrogens (tertiary/aromatic N) is 1. The third-order valence-electron chi connectivity index (χ3n) is 3.28. The zero-order valence-corrected chi connectivity index (χ0v) is 14.6. The standard InChI is InChI=1S/C17H21NO7/c1-17(2,3)25-16(21)18-12(11-8-6-5-7-9-11)13(23-10-22-4)14(19)24-15(18)20/h5-9,12-13H,10H2,1-4H3/t12-,13+/m0/s1. The van der Waals surface area contributed by atoms with Crippen LogP contribution in [0.3, 0.4) is 0 Å². The van der Waals surface area contributed by atoms with E-state index in [1.807, 2.05) is 0 Å². The number of amides is 2. The average Bonchev–Trinajstić information content (AvgIpc) is 2.52. The molecule has 1 aliphatic heterocycles. The van der Waals surface area contributed by atoms with Crippen LogP contribution in [0.5, 0.6) is 0 Å². The summed E-state index contributed by atoms with van der Waals surface area (Å²) in [5, 5.41) is 0. The second-order valence-electron chi connectivity index (χ2n) is 6.39. The van der Waals surface area contributed by atoms with E-state index in [9.17, 15) is 14.4 Å². The summed E-state index contributed by atoms with van der Waals surface area (Å²) in [7, 11) is 1.39. The molecule has 1 aliphatic rings. The van der Waals surface area contributed by atoms with Gasteiger partial charge in [-0.05, 0) is 26.3 Å². The molecule has 2 amide bonds. The molecule has 0 saturated carbocycles. The van der Waals surface area contributed by atoms with Crippen LogP contribution in [0.15, 0.2) is 30.3 Å². The van der Waals surface area contributed by atoms with E-state index in [0.717, 1.165) is 4.90 Å². The van der Waals surface area contributed by atoms with Crippen LogP contribution in [0.2, 0.25) is 0 Å². The lowest BCUT2D eigenvalue weighted by atomic mass is 9.99. The molecule has 0 radical (unpaired) electrons. The van der Waals surface area contributed by atoms with Crippen molar-refractivity contribution in [2.75, 3.05) is 13.9 Å². The van der Waals surface area contributed by atoms with Crippen molar-refractivity contribution < 1.29 is 33.3 Å². The Balaban J connectivity index is 2.43. The van der Waals surface area contributed by atoms with Gasteiger partial charge in [0.05, 0.1) is 0 Å². The van der Waals surface area contributed by atoms with E-state index in [4.69, 9.17) is 14.2 Å². The Bertz CT molecular complexity index is 638. The van der Waals surface area contributed by atoms with Crippen LogP contribution in [-0.4, -0.2) is 48.7 Å². The van der Waals surface area contributed by atoms with Crippen LogP contribution >= 0.6 is 0 Å². The smallest absolute Gasteiger partial charge is 0.427 e. The molecule has 25 heavy (non-hydrogen) atoms. The van der Waals surface area contributed by atoms with Gasteiger partial charge in [0, 0.05) is 7.11 Å². The van der Waals surface area contributed by atoms with Crippen LogP contribution < -0.4 is 0 Å². The molecule has 136 valence electrons. The summed E-state index contributed by atoms with van der Waals surface area (Å²) >= 11 is 0. The molecule has 1 heterocycles. The van der Waals surface area contributed by atoms with Gasteiger partial charge < -0.3 is 18.9 Å². The average molecular weight is 351 g/mol. The number of cyclic esters (lactones) is 2. The van der Waals surface area contributed by atoms with E-state index >= 15 is 0 Å². The Morgan fingerprint density at radius 2 is 1.84 bits per heavy atom. The number of methoxy groups -OCH3 is 1. The number of imide groups is 1. The van der Waals surface area contributed by atoms with Gasteiger partial charge in [-0.3, -0.25) is 0 Å². The number of hydrogen-bond donors (Lipinski definition) is 0. The minimum absolute atomic E-state index is 0.209. The van der Waals surface area contributed by atoms with Crippen molar-refractivity contribution in [2.24, 2.45) is 0 Å². The third-order valence-corrected chi connectivity index (χ3v) is 3.28. The monoisotopic (exact) mass is 351 g/mol. The predicted octanol–water partition coefficient (Wildman–Crippen LogP) is 2.63. The number of benzene rings is 1. The molecule has 0 bridgehead atoms. The fourth-order valence-electron chi connectivity index (χ4n) is 2.34. The Hall–Kier alpha value is -2.45. The molecule has 1 saturated heterocycles. The van der Waals surface area contributed by atoms with E-state index in [-0.39, 0.29) is 6.79 Å². The Morgan fingerprint density at radius 1 is 1.20 bits per heavy atom. The van der Waals surface area contributed by atoms with Gasteiger partial charge in [-0.1, -0.05) is 30.3 Å². The first-order valence-corrected chi connectivity index (χ1v) is 7.68. The van der Waals surface area contributed by atoms with Gasteiger partial charge >= 0.3 is 18.2 Å². The fraction of sp³-hybridized carbons (Fsp3) is 0.471. The summed E-state index contributed by atoms with van der Waals surface area (Å²) < 4.78 is 20.1. The minimum atomic E-state index is -1.23. The van der Waals surface area contributed by atoms with Crippen molar-refractivity contribution in [3.05, 3.63) is 35.9 Å². The summed E-state index contributed by atoms with van der Waals surface area (Å²) in [6, 6.07) is 7.55. The molecular weight excluding hydrogens is 330 g/mol. The Morgan fingerprint density at radius 3 is 2.40 bits per heavy atom. The molecule has 0 N–H and O–H groups in total. The van der Waals surface area contributed by atoms with Crippen LogP contribution in [0.1, 0.15) is 32.4 Å². The van der Waals surface area contributed by atoms with Gasteiger partial charge in [0.1, 0.15) is 18.4 Å². The van der Waals surface area contributed by atoms with E-state index in [0.29, 0.717) is 5.56 Å². The van der Waals surface area contributed by atoms with Crippen molar-refractivity contribution in [3.63, 3.8) is 0 Å². The Kier molecular flexibility index (Phi) is 5.76. The third kappa shape index (κ3) is 4.55. The molecule has 8 heteroatoms. The minimum Gasteiger partial charge on any atom is -0.443 e. The number of esters is 1. The molecule has 0 aliphatic carbocycles. The van der Waals surface area contributed by atoms with Gasteiger partial charge in [0.2, 0.25) is 0 Å². The summed E-state index contributed by atoms with van der Waals surface area (Å²) in [5.41, 5.74) is -0.303. The molecular formula is C17H21NO7. The van der Waals surface area contributed by atoms with Crippen LogP contribution in [0.4, 0.5) is 9.59 Å². The van der Waals surface area contributed by atoms with Crippen molar-refractivity contribution >= 4 is 18.2 Å². The topological polar surface area (TPSA) is 91.4 Å². The molecule has 2 atom stereocenters. The zero-order valence-electron chi connectivity index (χ0n) is 14.6. The van der Waals surface area contributed by atoms with Gasteiger partial charge in [0.25, 0.3) is 0 Å². The molecule has 2 rings (SSSR count). The maximum atomic E-state index is 12.5. The largest absolute Gasteiger partial charge is 0.443 e. The SMILES string of the molecule is COCO[C@H]1C(=O)OC(=O)N(C(=O)OC(C)(C)C)[C@H]1c1ccccc1. The number of carbonyl (C=O) groups excluding carboxylic acids is 3. The van der Waals surface area contributed by atoms with Gasteiger partial charge in [0.15, 0.2) is 6.10 Å². The molecule has 0 unspecified atom stereocenters. The molecule has 1 aromatic carbocycles. The second-order valence-corrected chi connectivity index (χ2v) is 6.39. The van der Waals surface area contributed by atoms with Crippen molar-refractivity contribution in [3.8, 4) is 0 Å². The summed E-state index contributed by atoms with van der Waals surface area (Å²) in [6.07, 6.45) is -3.26. The van der Waals surface area contributed by atoms with Crippen molar-refractivity contribution in [2.45, 2.75) is 38.5 Å². The first-order valence-electron chi connectivity index (χ1n) is 7.68. The molecule has 1 aromatic rings. The highest BCUT2D eigenvalue weighted by atomic mass is 16.7. The van der Waals surface area contributed by atoms with Gasteiger partial charge in [-0.25, -0.2) is 19.3 Å². The van der Waals surface area contributed by atoms with E-state index in [1.54, 1.807) is 51.1 Å². The number of carbonyl (C=O) groups is 3. The maximum Gasteiger partial charge on any atom is 0.427 e. The van der Waals surface area contributed by atoms with Crippen LogP contribution in [0, 0.1) is 0 Å². The predicted molar refractivity (Wildman–Crippen MR) is 85.5 cm³/mol. The van der Waals surface area contributed by atoms with Crippen molar-refractivity contribution in [1.82, 2.24) is 4.90 Å². The highest BCUT2D eigenvalue weighted by Gasteiger charge is 2.49. The van der Waals surface area contributed by atoms with E-state index in [2.05, 4.69) is 4.74 Å².